The van der Waals surface area contributed by atoms with Gasteiger partial charge in [0.25, 0.3) is 5.56 Å². The number of nitrogens with one attached hydrogen (secondary N) is 3. The molecular weight excluding hydrogens is 521 g/mol. The Bertz CT molecular complexity index is 1610. The van der Waals surface area contributed by atoms with E-state index in [2.05, 4.69) is 42.4 Å². The van der Waals surface area contributed by atoms with E-state index in [4.69, 9.17) is 0 Å². The van der Waals surface area contributed by atoms with Crippen LogP contribution in [-0.2, 0) is 4.79 Å². The molecule has 4 aromatic rings. The minimum atomic E-state index is -0.510. The van der Waals surface area contributed by atoms with Crippen LogP contribution in [0.2, 0.25) is 0 Å². The van der Waals surface area contributed by atoms with Crippen LogP contribution in [0.15, 0.2) is 59.7 Å². The molecule has 1 aliphatic carbocycles. The van der Waals surface area contributed by atoms with Gasteiger partial charge in [0, 0.05) is 49.5 Å². The van der Waals surface area contributed by atoms with Gasteiger partial charge >= 0.3 is 0 Å². The van der Waals surface area contributed by atoms with Gasteiger partial charge in [0.2, 0.25) is 5.91 Å². The number of pyridine rings is 3. The fourth-order valence-corrected chi connectivity index (χ4v) is 5.69. The molecule has 6 rings (SSSR count). The summed E-state index contributed by atoms with van der Waals surface area (Å²) >= 11 is 0. The van der Waals surface area contributed by atoms with E-state index in [-0.39, 0.29) is 22.9 Å². The average molecular weight is 556 g/mol. The molecule has 1 aliphatic heterocycles. The molecule has 9 nitrogen and oxygen atoms in total. The Morgan fingerprint density at radius 3 is 2.56 bits per heavy atom. The Kier molecular flexibility index (Phi) is 7.65. The molecule has 10 heteroatoms. The van der Waals surface area contributed by atoms with Crippen LogP contribution < -0.4 is 21.1 Å². The van der Waals surface area contributed by atoms with Crippen LogP contribution in [0.4, 0.5) is 27.3 Å². The Hall–Kier alpha value is -4.31. The third-order valence-electron chi connectivity index (χ3n) is 8.10. The first kappa shape index (κ1) is 26.9. The molecule has 0 radical (unpaired) electrons. The molecule has 41 heavy (non-hydrogen) atoms. The second-order valence-corrected chi connectivity index (χ2v) is 11.0. The molecule has 0 bridgehead atoms. The topological polar surface area (TPSA) is 106 Å². The number of rotatable bonds is 6. The lowest BCUT2D eigenvalue weighted by molar-refractivity contribution is -0.120. The molecule has 1 saturated carbocycles. The Morgan fingerprint density at radius 1 is 1.02 bits per heavy atom. The lowest BCUT2D eigenvalue weighted by Gasteiger charge is -2.33. The largest absolute Gasteiger partial charge is 0.368 e. The molecule has 1 aromatic carbocycles. The van der Waals surface area contributed by atoms with Crippen LogP contribution in [0.1, 0.15) is 32.1 Å². The van der Waals surface area contributed by atoms with Crippen molar-refractivity contribution in [3.63, 3.8) is 0 Å². The fourth-order valence-electron chi connectivity index (χ4n) is 5.69. The van der Waals surface area contributed by atoms with E-state index in [9.17, 15) is 9.59 Å². The number of hydrogen-bond acceptors (Lipinski definition) is 7. The number of H-pyrrole nitrogens is 1. The highest BCUT2D eigenvalue weighted by Gasteiger charge is 2.22. The first-order chi connectivity index (χ1) is 19.9. The zero-order valence-electron chi connectivity index (χ0n) is 23.1. The van der Waals surface area contributed by atoms with Crippen LogP contribution in [0, 0.1) is 11.7 Å². The molecule has 2 fully saturated rings. The van der Waals surface area contributed by atoms with Gasteiger partial charge in [-0.2, -0.15) is 0 Å². The predicted molar refractivity (Wildman–Crippen MR) is 160 cm³/mol. The van der Waals surface area contributed by atoms with Crippen LogP contribution >= 0.6 is 0 Å². The van der Waals surface area contributed by atoms with Crippen LogP contribution in [0.5, 0.6) is 0 Å². The van der Waals surface area contributed by atoms with Crippen molar-refractivity contribution < 1.29 is 9.18 Å². The lowest BCUT2D eigenvalue weighted by atomic mass is 9.88. The number of hydrogen-bond donors (Lipinski definition) is 3. The van der Waals surface area contributed by atoms with Crippen molar-refractivity contribution in [2.45, 2.75) is 32.1 Å². The van der Waals surface area contributed by atoms with Gasteiger partial charge in [-0.15, -0.1) is 0 Å². The molecule has 2 aliphatic rings. The number of fused-ring (bicyclic) bond motifs is 1. The number of carbonyl (C=O) groups is 1. The molecule has 0 atom stereocenters. The minimum Gasteiger partial charge on any atom is -0.368 e. The lowest BCUT2D eigenvalue weighted by Crippen LogP contribution is -2.44. The summed E-state index contributed by atoms with van der Waals surface area (Å²) < 4.78 is 15.4. The number of aromatic amines is 1. The molecule has 0 spiro atoms. The van der Waals surface area contributed by atoms with E-state index < -0.39 is 5.82 Å². The van der Waals surface area contributed by atoms with Gasteiger partial charge in [-0.1, -0.05) is 19.3 Å². The number of carbonyl (C=O) groups excluding carboxylic acids is 1. The maximum absolute atomic E-state index is 15.4. The van der Waals surface area contributed by atoms with E-state index in [1.807, 2.05) is 18.3 Å². The number of benzene rings is 1. The van der Waals surface area contributed by atoms with Crippen LogP contribution in [0.3, 0.4) is 0 Å². The maximum Gasteiger partial charge on any atom is 0.259 e. The van der Waals surface area contributed by atoms with Gasteiger partial charge in [-0.3, -0.25) is 9.59 Å². The number of nitrogens with zero attached hydrogens (tertiary/aromatic N) is 4. The van der Waals surface area contributed by atoms with Gasteiger partial charge in [0.15, 0.2) is 0 Å². The normalized spacial score (nSPS) is 16.6. The standard InChI is InChI=1S/C31H34FN7O2/c1-38-13-15-39(16-14-38)22-8-10-28(34-19-22)37-27-18-26(36-25-11-12-33-31(41)29(25)27)23-9-7-21(17-24(23)32)35-30(40)20-5-3-2-4-6-20/h7-12,17-20H,2-6,13-16H2,1H3,(H,33,41)(H,35,40)(H,34,36,37). The number of aromatic nitrogens is 3. The summed E-state index contributed by atoms with van der Waals surface area (Å²) in [5.41, 5.74) is 2.69. The van der Waals surface area contributed by atoms with Crippen molar-refractivity contribution in [1.29, 1.82) is 0 Å². The molecule has 4 heterocycles. The summed E-state index contributed by atoms with van der Waals surface area (Å²) in [4.78, 5) is 41.9. The zero-order valence-corrected chi connectivity index (χ0v) is 23.1. The molecule has 1 saturated heterocycles. The van der Waals surface area contributed by atoms with E-state index in [0.29, 0.717) is 33.8 Å². The number of halogens is 1. The smallest absolute Gasteiger partial charge is 0.259 e. The van der Waals surface area contributed by atoms with E-state index in [0.717, 1.165) is 64.0 Å². The molecule has 0 unspecified atom stereocenters. The van der Waals surface area contributed by atoms with E-state index >= 15 is 4.39 Å². The Balaban J connectivity index is 1.27. The SMILES string of the molecule is CN1CCN(c2ccc(Nc3cc(-c4ccc(NC(=O)C5CCCCC5)cc4F)nc4cc[nH]c(=O)c34)nc2)CC1. The average Bonchev–Trinajstić information content (AvgIpc) is 2.98. The zero-order chi connectivity index (χ0) is 28.3. The number of amides is 1. The summed E-state index contributed by atoms with van der Waals surface area (Å²) in [6, 6.07) is 11.9. The molecule has 1 amide bonds. The molecule has 212 valence electrons. The third-order valence-corrected chi connectivity index (χ3v) is 8.10. The van der Waals surface area contributed by atoms with Crippen LogP contribution in [-0.4, -0.2) is 59.0 Å². The summed E-state index contributed by atoms with van der Waals surface area (Å²) in [5.74, 6) is -0.0308. The summed E-state index contributed by atoms with van der Waals surface area (Å²) in [6.45, 7) is 3.87. The summed E-state index contributed by atoms with van der Waals surface area (Å²) in [7, 11) is 2.12. The van der Waals surface area contributed by atoms with Crippen molar-refractivity contribution in [3.05, 3.63) is 71.0 Å². The quantitative estimate of drug-likeness (QED) is 0.303. The number of likely N-dealkylation sites (N-methyl/N-ethyl adjacent to an activating group) is 1. The van der Waals surface area contributed by atoms with Crippen molar-refractivity contribution in [2.24, 2.45) is 5.92 Å². The van der Waals surface area contributed by atoms with Gasteiger partial charge < -0.3 is 25.4 Å². The Morgan fingerprint density at radius 2 is 1.83 bits per heavy atom. The first-order valence-electron chi connectivity index (χ1n) is 14.2. The fraction of sp³-hybridized carbons (Fsp3) is 0.355. The van der Waals surface area contributed by atoms with E-state index in [1.54, 1.807) is 24.3 Å². The van der Waals surface area contributed by atoms with Gasteiger partial charge in [-0.05, 0) is 62.4 Å². The Labute approximate surface area is 237 Å². The highest BCUT2D eigenvalue weighted by molar-refractivity contribution is 5.95. The van der Waals surface area contributed by atoms with Crippen molar-refractivity contribution in [2.75, 3.05) is 48.8 Å². The number of anilines is 4. The summed E-state index contributed by atoms with van der Waals surface area (Å²) in [5, 5.41) is 6.48. The van der Waals surface area contributed by atoms with E-state index in [1.165, 1.54) is 12.3 Å². The second-order valence-electron chi connectivity index (χ2n) is 11.0. The van der Waals surface area contributed by atoms with Crippen molar-refractivity contribution in [3.8, 4) is 11.3 Å². The maximum atomic E-state index is 15.4. The minimum absolute atomic E-state index is 0.0235. The predicted octanol–water partition coefficient (Wildman–Crippen LogP) is 5.14. The van der Waals surface area contributed by atoms with Gasteiger partial charge in [-0.25, -0.2) is 14.4 Å². The molecular formula is C31H34FN7O2. The molecule has 3 N–H and O–H groups in total. The van der Waals surface area contributed by atoms with Crippen molar-refractivity contribution >= 4 is 39.7 Å². The first-order valence-corrected chi connectivity index (χ1v) is 14.2. The monoisotopic (exact) mass is 555 g/mol. The highest BCUT2D eigenvalue weighted by atomic mass is 19.1. The number of piperazine rings is 1. The second kappa shape index (κ2) is 11.7. The molecule has 3 aromatic heterocycles. The van der Waals surface area contributed by atoms with Crippen LogP contribution in [0.25, 0.3) is 22.2 Å². The third kappa shape index (κ3) is 5.92. The van der Waals surface area contributed by atoms with Gasteiger partial charge in [0.05, 0.1) is 34.2 Å². The van der Waals surface area contributed by atoms with Gasteiger partial charge in [0.1, 0.15) is 11.6 Å². The highest BCUT2D eigenvalue weighted by Crippen LogP contribution is 2.32. The summed E-state index contributed by atoms with van der Waals surface area (Å²) in [6.07, 6.45) is 8.34. The van der Waals surface area contributed by atoms with Crippen molar-refractivity contribution in [1.82, 2.24) is 19.9 Å².